The molecule has 0 aliphatic carbocycles. The van der Waals surface area contributed by atoms with Crippen molar-refractivity contribution in [2.24, 2.45) is 0 Å². The number of hydrogen-bond donors (Lipinski definition) is 1. The van der Waals surface area contributed by atoms with Gasteiger partial charge in [-0.25, -0.2) is 0 Å². The first-order chi connectivity index (χ1) is 9.49. The Bertz CT molecular complexity index is 573. The average Bonchev–Trinajstić information content (AvgIpc) is 2.40. The molecule has 21 heavy (non-hydrogen) atoms. The fourth-order valence-corrected chi connectivity index (χ4v) is 1.48. The number of aliphatic hydroxyl groups excluding tert-OH is 1. The molecule has 4 heteroatoms. The number of hydrogen-bond acceptors (Lipinski definition) is 3. The summed E-state index contributed by atoms with van der Waals surface area (Å²) in [6, 6.07) is 15.2. The van der Waals surface area contributed by atoms with Gasteiger partial charge in [0.15, 0.2) is 5.78 Å². The summed E-state index contributed by atoms with van der Waals surface area (Å²) < 4.78 is 0. The minimum Gasteiger partial charge on any atom is -0.512 e. The summed E-state index contributed by atoms with van der Waals surface area (Å²) in [4.78, 5) is 14.3. The second-order valence-electron chi connectivity index (χ2n) is 4.39. The third-order valence-corrected chi connectivity index (χ3v) is 2.32. The van der Waals surface area contributed by atoms with E-state index in [9.17, 15) is 4.79 Å². The zero-order chi connectivity index (χ0) is 15.0. The fraction of sp³-hybridized carbons (Fsp3) is 0.176. The molecule has 0 bridgehead atoms. The van der Waals surface area contributed by atoms with Gasteiger partial charge in [0.1, 0.15) is 0 Å². The third-order valence-electron chi connectivity index (χ3n) is 2.32. The van der Waals surface area contributed by atoms with Crippen LogP contribution >= 0.6 is 0 Å². The zero-order valence-electron chi connectivity index (χ0n) is 12.2. The van der Waals surface area contributed by atoms with E-state index in [0.717, 1.165) is 11.3 Å². The van der Waals surface area contributed by atoms with Gasteiger partial charge in [-0.3, -0.25) is 4.79 Å². The Labute approximate surface area is 140 Å². The summed E-state index contributed by atoms with van der Waals surface area (Å²) in [5, 5.41) is 8.36. The number of carbonyl (C=O) groups is 1. The molecule has 0 saturated carbocycles. The van der Waals surface area contributed by atoms with E-state index in [1.807, 2.05) is 30.3 Å². The number of rotatable bonds is 2. The molecule has 0 spiro atoms. The number of carbonyl (C=O) groups excluding carboxylic acids is 1. The molecule has 2 rings (SSSR count). The van der Waals surface area contributed by atoms with Gasteiger partial charge in [-0.1, -0.05) is 19.1 Å². The molecule has 1 aromatic carbocycles. The van der Waals surface area contributed by atoms with Crippen LogP contribution in [-0.2, 0) is 25.9 Å². The third kappa shape index (κ3) is 8.21. The molecule has 0 amide bonds. The van der Waals surface area contributed by atoms with Crippen molar-refractivity contribution in [3.8, 4) is 11.3 Å². The molecule has 3 nitrogen and oxygen atoms in total. The minimum atomic E-state index is -0.125. The van der Waals surface area contributed by atoms with E-state index in [4.69, 9.17) is 5.11 Å². The molecule has 0 atom stereocenters. The second-order valence-corrected chi connectivity index (χ2v) is 4.39. The first-order valence-electron chi connectivity index (χ1n) is 6.26. The number of aromatic nitrogens is 1. The van der Waals surface area contributed by atoms with E-state index in [0.29, 0.717) is 0 Å². The number of aryl methyl sites for hydroxylation is 1. The van der Waals surface area contributed by atoms with Crippen LogP contribution in [0.2, 0.25) is 0 Å². The first-order valence-corrected chi connectivity index (χ1v) is 6.26. The fourth-order valence-electron chi connectivity index (χ4n) is 1.48. The molecule has 114 valence electrons. The van der Waals surface area contributed by atoms with Crippen molar-refractivity contribution in [2.45, 2.75) is 20.8 Å². The minimum absolute atomic E-state index is 0. The quantitative estimate of drug-likeness (QED) is 0.418. The van der Waals surface area contributed by atoms with Crippen LogP contribution < -0.4 is 0 Å². The van der Waals surface area contributed by atoms with E-state index in [1.54, 1.807) is 6.20 Å². The van der Waals surface area contributed by atoms with Gasteiger partial charge in [-0.05, 0) is 25.6 Å². The summed E-state index contributed by atoms with van der Waals surface area (Å²) in [5.41, 5.74) is 3.24. The standard InChI is InChI=1S/C12H10N.C5H8O2.Pt/c1-10-5-7-11(8-6-10)12-4-2-3-9-13-12;1-4(6)3-5(2)7;/h2-7,9H,1H3;3,6H,1-2H3;/q-1;;/b;4-3-;. The zero-order valence-corrected chi connectivity index (χ0v) is 14.5. The van der Waals surface area contributed by atoms with Crippen molar-refractivity contribution in [2.75, 3.05) is 0 Å². The molecule has 0 unspecified atom stereocenters. The predicted octanol–water partition coefficient (Wildman–Crippen LogP) is 3.89. The number of nitrogens with zero attached hydrogens (tertiary/aromatic N) is 1. The van der Waals surface area contributed by atoms with Crippen LogP contribution in [-0.4, -0.2) is 15.9 Å². The molecule has 2 aromatic rings. The van der Waals surface area contributed by atoms with Gasteiger partial charge in [0.2, 0.25) is 0 Å². The Morgan fingerprint density at radius 3 is 2.33 bits per heavy atom. The summed E-state index contributed by atoms with van der Waals surface area (Å²) in [6.45, 7) is 4.90. The number of benzene rings is 1. The summed E-state index contributed by atoms with van der Waals surface area (Å²) in [6.07, 6.45) is 2.96. The Morgan fingerprint density at radius 1 is 1.24 bits per heavy atom. The van der Waals surface area contributed by atoms with Gasteiger partial charge in [0, 0.05) is 33.3 Å². The van der Waals surface area contributed by atoms with Gasteiger partial charge < -0.3 is 10.1 Å². The normalized spacial score (nSPS) is 9.95. The van der Waals surface area contributed by atoms with Crippen molar-refractivity contribution in [1.82, 2.24) is 4.98 Å². The predicted molar refractivity (Wildman–Crippen MR) is 80.3 cm³/mol. The Balaban J connectivity index is 0.000000436. The molecule has 1 heterocycles. The maximum absolute atomic E-state index is 10.0. The smallest absolute Gasteiger partial charge is 0.155 e. The van der Waals surface area contributed by atoms with Gasteiger partial charge >= 0.3 is 0 Å². The van der Waals surface area contributed by atoms with E-state index >= 15 is 0 Å². The largest absolute Gasteiger partial charge is 0.512 e. The summed E-state index contributed by atoms with van der Waals surface area (Å²) in [5.74, 6) is -0.0625. The molecular formula is C17H18NO2Pt-. The van der Waals surface area contributed by atoms with Crippen molar-refractivity contribution in [3.63, 3.8) is 0 Å². The Morgan fingerprint density at radius 2 is 1.95 bits per heavy atom. The number of aliphatic hydroxyl groups is 1. The molecule has 0 radical (unpaired) electrons. The van der Waals surface area contributed by atoms with Crippen LogP contribution in [0.5, 0.6) is 0 Å². The summed E-state index contributed by atoms with van der Waals surface area (Å²) in [7, 11) is 0. The Kier molecular flexibility index (Phi) is 9.23. The van der Waals surface area contributed by atoms with Crippen LogP contribution in [0, 0.1) is 13.0 Å². The molecule has 0 aliphatic heterocycles. The van der Waals surface area contributed by atoms with E-state index in [2.05, 4.69) is 24.0 Å². The second kappa shape index (κ2) is 10.1. The maximum atomic E-state index is 10.0. The van der Waals surface area contributed by atoms with Crippen LogP contribution in [0.1, 0.15) is 19.4 Å². The van der Waals surface area contributed by atoms with Crippen LogP contribution in [0.15, 0.2) is 54.4 Å². The molecular weight excluding hydrogens is 445 g/mol. The molecule has 0 aliphatic rings. The van der Waals surface area contributed by atoms with Crippen LogP contribution in [0.4, 0.5) is 0 Å². The van der Waals surface area contributed by atoms with Gasteiger partial charge in [0.25, 0.3) is 0 Å². The van der Waals surface area contributed by atoms with Crippen molar-refractivity contribution in [3.05, 3.63) is 66.1 Å². The van der Waals surface area contributed by atoms with Crippen molar-refractivity contribution >= 4 is 5.78 Å². The number of allylic oxidation sites excluding steroid dienone is 2. The average molecular weight is 463 g/mol. The number of ketones is 1. The molecule has 1 N–H and O–H groups in total. The van der Waals surface area contributed by atoms with Gasteiger partial charge in [-0.2, -0.15) is 0 Å². The van der Waals surface area contributed by atoms with E-state index in [-0.39, 0.29) is 32.6 Å². The first kappa shape index (κ1) is 19.3. The SMILES string of the molecule is CC(=O)/C=C(/C)O.Cc1c[c-]c(-c2ccccn2)cc1.[Pt]. The van der Waals surface area contributed by atoms with E-state index < -0.39 is 0 Å². The van der Waals surface area contributed by atoms with Crippen LogP contribution in [0.3, 0.4) is 0 Å². The van der Waals surface area contributed by atoms with Crippen molar-refractivity contribution < 1.29 is 31.0 Å². The van der Waals surface area contributed by atoms with Gasteiger partial charge in [0.05, 0.1) is 5.76 Å². The Hall–Kier alpha value is -1.73. The van der Waals surface area contributed by atoms with Crippen molar-refractivity contribution in [1.29, 1.82) is 0 Å². The molecule has 0 saturated heterocycles. The molecule has 0 fully saturated rings. The molecule has 1 aromatic heterocycles. The van der Waals surface area contributed by atoms with Crippen LogP contribution in [0.25, 0.3) is 11.3 Å². The topological polar surface area (TPSA) is 50.2 Å². The monoisotopic (exact) mass is 463 g/mol. The van der Waals surface area contributed by atoms with Gasteiger partial charge in [-0.15, -0.1) is 35.4 Å². The number of pyridine rings is 1. The maximum Gasteiger partial charge on any atom is 0.155 e. The van der Waals surface area contributed by atoms with E-state index in [1.165, 1.54) is 25.5 Å². The summed E-state index contributed by atoms with van der Waals surface area (Å²) >= 11 is 0.